The minimum Gasteiger partial charge on any atom is -0.339 e. The standard InChI is InChI=1S/C17H16ClN5/c1-12-10-13(18)8-9-15(12)20-16-11-19-22-17(21-16)23(2)14-6-4-3-5-7-14/h3-11H,1-2H3,(H,20,21,22). The van der Waals surface area contributed by atoms with E-state index in [2.05, 4.69) is 20.5 Å². The van der Waals surface area contributed by atoms with Crippen molar-refractivity contribution in [2.45, 2.75) is 6.92 Å². The first kappa shape index (κ1) is 15.2. The molecule has 0 saturated carbocycles. The molecule has 2 aromatic carbocycles. The number of aryl methyl sites for hydroxylation is 1. The Labute approximate surface area is 140 Å². The van der Waals surface area contributed by atoms with Crippen molar-refractivity contribution in [3.8, 4) is 0 Å². The van der Waals surface area contributed by atoms with Gasteiger partial charge in [0.25, 0.3) is 5.95 Å². The van der Waals surface area contributed by atoms with E-state index in [1.807, 2.05) is 67.4 Å². The van der Waals surface area contributed by atoms with Crippen LogP contribution in [0, 0.1) is 6.92 Å². The molecule has 0 unspecified atom stereocenters. The number of benzene rings is 2. The Bertz CT molecular complexity index is 807. The number of rotatable bonds is 4. The van der Waals surface area contributed by atoms with E-state index in [0.717, 1.165) is 16.9 Å². The van der Waals surface area contributed by atoms with E-state index in [9.17, 15) is 0 Å². The molecule has 0 amide bonds. The van der Waals surface area contributed by atoms with Crippen molar-refractivity contribution in [2.75, 3.05) is 17.3 Å². The van der Waals surface area contributed by atoms with Gasteiger partial charge in [-0.15, -0.1) is 5.10 Å². The van der Waals surface area contributed by atoms with Crippen LogP contribution in [0.25, 0.3) is 0 Å². The lowest BCUT2D eigenvalue weighted by molar-refractivity contribution is 0.932. The molecule has 3 aromatic rings. The van der Waals surface area contributed by atoms with E-state index in [1.54, 1.807) is 6.20 Å². The van der Waals surface area contributed by atoms with E-state index in [-0.39, 0.29) is 0 Å². The number of hydrogen-bond donors (Lipinski definition) is 1. The summed E-state index contributed by atoms with van der Waals surface area (Å²) in [5.74, 6) is 1.15. The van der Waals surface area contributed by atoms with Crippen LogP contribution in [0.15, 0.2) is 54.7 Å². The Kier molecular flexibility index (Phi) is 4.39. The van der Waals surface area contributed by atoms with Crippen molar-refractivity contribution in [3.63, 3.8) is 0 Å². The molecule has 3 rings (SSSR count). The van der Waals surface area contributed by atoms with Crippen LogP contribution in [0.2, 0.25) is 5.02 Å². The summed E-state index contributed by atoms with van der Waals surface area (Å²) >= 11 is 5.98. The zero-order chi connectivity index (χ0) is 16.2. The van der Waals surface area contributed by atoms with Gasteiger partial charge in [0.1, 0.15) is 0 Å². The van der Waals surface area contributed by atoms with Gasteiger partial charge in [0.05, 0.1) is 6.20 Å². The van der Waals surface area contributed by atoms with Crippen molar-refractivity contribution >= 4 is 34.7 Å². The maximum absolute atomic E-state index is 5.98. The molecular weight excluding hydrogens is 310 g/mol. The number of para-hydroxylation sites is 1. The predicted molar refractivity (Wildman–Crippen MR) is 93.8 cm³/mol. The fourth-order valence-electron chi connectivity index (χ4n) is 2.17. The Morgan fingerprint density at radius 3 is 2.61 bits per heavy atom. The van der Waals surface area contributed by atoms with Gasteiger partial charge in [-0.1, -0.05) is 29.8 Å². The van der Waals surface area contributed by atoms with E-state index >= 15 is 0 Å². The van der Waals surface area contributed by atoms with Crippen molar-refractivity contribution < 1.29 is 0 Å². The van der Waals surface area contributed by atoms with E-state index in [0.29, 0.717) is 16.8 Å². The fraction of sp³-hybridized carbons (Fsp3) is 0.118. The third-order valence-corrected chi connectivity index (χ3v) is 3.68. The fourth-order valence-corrected chi connectivity index (χ4v) is 2.40. The average Bonchev–Trinajstić information content (AvgIpc) is 2.58. The highest BCUT2D eigenvalue weighted by molar-refractivity contribution is 6.30. The summed E-state index contributed by atoms with van der Waals surface area (Å²) in [7, 11) is 1.91. The summed E-state index contributed by atoms with van der Waals surface area (Å²) < 4.78 is 0. The third kappa shape index (κ3) is 3.57. The molecule has 0 spiro atoms. The molecule has 6 heteroatoms. The number of halogens is 1. The molecule has 1 heterocycles. The number of aromatic nitrogens is 3. The van der Waals surface area contributed by atoms with Gasteiger partial charge >= 0.3 is 0 Å². The molecule has 0 aliphatic carbocycles. The van der Waals surface area contributed by atoms with Crippen LogP contribution in [0.4, 0.5) is 23.1 Å². The van der Waals surface area contributed by atoms with Crippen LogP contribution in [0.5, 0.6) is 0 Å². The minimum absolute atomic E-state index is 0.521. The van der Waals surface area contributed by atoms with Crippen LogP contribution in [0.3, 0.4) is 0 Å². The van der Waals surface area contributed by atoms with Crippen molar-refractivity contribution in [1.82, 2.24) is 15.2 Å². The Morgan fingerprint density at radius 2 is 1.87 bits per heavy atom. The second-order valence-corrected chi connectivity index (χ2v) is 5.56. The first-order valence-electron chi connectivity index (χ1n) is 7.15. The quantitative estimate of drug-likeness (QED) is 0.773. The largest absolute Gasteiger partial charge is 0.339 e. The van der Waals surface area contributed by atoms with Crippen LogP contribution in [0.1, 0.15) is 5.56 Å². The second kappa shape index (κ2) is 6.62. The van der Waals surface area contributed by atoms with Gasteiger partial charge in [-0.2, -0.15) is 10.1 Å². The molecule has 1 aromatic heterocycles. The number of nitrogens with one attached hydrogen (secondary N) is 1. The lowest BCUT2D eigenvalue weighted by Crippen LogP contribution is -2.14. The first-order valence-corrected chi connectivity index (χ1v) is 7.53. The Balaban J connectivity index is 1.85. The van der Waals surface area contributed by atoms with Crippen molar-refractivity contribution in [3.05, 3.63) is 65.3 Å². The van der Waals surface area contributed by atoms with Crippen LogP contribution in [-0.2, 0) is 0 Å². The van der Waals surface area contributed by atoms with Crippen LogP contribution in [-0.4, -0.2) is 22.2 Å². The molecule has 0 aliphatic heterocycles. The van der Waals surface area contributed by atoms with Crippen molar-refractivity contribution in [2.24, 2.45) is 0 Å². The predicted octanol–water partition coefficient (Wildman–Crippen LogP) is 4.34. The highest BCUT2D eigenvalue weighted by atomic mass is 35.5. The molecule has 0 saturated heterocycles. The zero-order valence-electron chi connectivity index (χ0n) is 12.9. The maximum atomic E-state index is 5.98. The van der Waals surface area contributed by atoms with Gasteiger partial charge in [-0.25, -0.2) is 0 Å². The molecule has 23 heavy (non-hydrogen) atoms. The van der Waals surface area contributed by atoms with E-state index in [1.165, 1.54) is 0 Å². The van der Waals surface area contributed by atoms with Gasteiger partial charge in [-0.05, 0) is 42.8 Å². The summed E-state index contributed by atoms with van der Waals surface area (Å²) in [6.45, 7) is 1.99. The average molecular weight is 326 g/mol. The SMILES string of the molecule is Cc1cc(Cl)ccc1Nc1cnnc(N(C)c2ccccc2)n1. The molecule has 116 valence electrons. The summed E-state index contributed by atoms with van der Waals surface area (Å²) in [5, 5.41) is 12.1. The molecule has 0 bridgehead atoms. The van der Waals surface area contributed by atoms with E-state index in [4.69, 9.17) is 11.6 Å². The number of nitrogens with zero attached hydrogens (tertiary/aromatic N) is 4. The summed E-state index contributed by atoms with van der Waals surface area (Å²) in [6.07, 6.45) is 1.59. The van der Waals surface area contributed by atoms with Gasteiger partial charge in [0.15, 0.2) is 5.82 Å². The minimum atomic E-state index is 0.521. The molecule has 0 radical (unpaired) electrons. The highest BCUT2D eigenvalue weighted by Gasteiger charge is 2.09. The summed E-state index contributed by atoms with van der Waals surface area (Å²) in [6, 6.07) is 15.5. The lowest BCUT2D eigenvalue weighted by Gasteiger charge is -2.17. The molecule has 0 fully saturated rings. The monoisotopic (exact) mass is 325 g/mol. The first-order chi connectivity index (χ1) is 11.1. The Hall–Kier alpha value is -2.66. The third-order valence-electron chi connectivity index (χ3n) is 3.44. The van der Waals surface area contributed by atoms with E-state index < -0.39 is 0 Å². The van der Waals surface area contributed by atoms with Gasteiger partial charge in [0.2, 0.25) is 0 Å². The Morgan fingerprint density at radius 1 is 1.09 bits per heavy atom. The smallest absolute Gasteiger partial charge is 0.251 e. The number of hydrogen-bond acceptors (Lipinski definition) is 5. The molecule has 0 aliphatic rings. The molecule has 1 N–H and O–H groups in total. The topological polar surface area (TPSA) is 53.9 Å². The normalized spacial score (nSPS) is 10.4. The number of anilines is 4. The van der Waals surface area contributed by atoms with Gasteiger partial charge in [-0.3, -0.25) is 0 Å². The molecule has 5 nitrogen and oxygen atoms in total. The maximum Gasteiger partial charge on any atom is 0.251 e. The van der Waals surface area contributed by atoms with Crippen LogP contribution >= 0.6 is 11.6 Å². The lowest BCUT2D eigenvalue weighted by atomic mass is 10.2. The summed E-state index contributed by atoms with van der Waals surface area (Å²) in [4.78, 5) is 6.40. The van der Waals surface area contributed by atoms with Gasteiger partial charge in [0, 0.05) is 23.4 Å². The van der Waals surface area contributed by atoms with Crippen molar-refractivity contribution in [1.29, 1.82) is 0 Å². The highest BCUT2D eigenvalue weighted by Crippen LogP contribution is 2.24. The second-order valence-electron chi connectivity index (χ2n) is 5.12. The summed E-state index contributed by atoms with van der Waals surface area (Å²) in [5.41, 5.74) is 2.96. The molecule has 0 atom stereocenters. The molecular formula is C17H16ClN5. The zero-order valence-corrected chi connectivity index (χ0v) is 13.6. The van der Waals surface area contributed by atoms with Crippen LogP contribution < -0.4 is 10.2 Å². The van der Waals surface area contributed by atoms with Gasteiger partial charge < -0.3 is 10.2 Å².